The minimum Gasteiger partial charge on any atom is -0.466 e. The maximum Gasteiger partial charge on any atom is 0.305 e. The molecule has 51 heavy (non-hydrogen) atoms. The van der Waals surface area contributed by atoms with E-state index in [0.29, 0.717) is 37.9 Å². The van der Waals surface area contributed by atoms with Crippen LogP contribution < -0.4 is 0 Å². The molecule has 0 aromatic heterocycles. The van der Waals surface area contributed by atoms with Crippen LogP contribution in [-0.4, -0.2) is 50.7 Å². The molecule has 296 valence electrons. The van der Waals surface area contributed by atoms with E-state index in [1.807, 2.05) is 6.08 Å². The molecule has 3 atom stereocenters. The lowest BCUT2D eigenvalue weighted by Crippen LogP contribution is -2.21. The van der Waals surface area contributed by atoms with E-state index < -0.39 is 0 Å². The number of ether oxygens (including phenoxy) is 2. The van der Waals surface area contributed by atoms with E-state index in [9.17, 15) is 9.59 Å². The Morgan fingerprint density at radius 1 is 0.608 bits per heavy atom. The minimum absolute atomic E-state index is 0.00444. The number of hydrogen-bond acceptors (Lipinski definition) is 5. The van der Waals surface area contributed by atoms with E-state index in [0.717, 1.165) is 50.9 Å². The number of esters is 2. The molecule has 0 aromatic carbocycles. The summed E-state index contributed by atoms with van der Waals surface area (Å²) in [6, 6.07) is 0. The molecule has 5 heteroatoms. The average molecular weight is 714 g/mol. The lowest BCUT2D eigenvalue weighted by atomic mass is 9.93. The maximum atomic E-state index is 12.2. The van der Waals surface area contributed by atoms with Crippen LogP contribution in [0.5, 0.6) is 0 Å². The lowest BCUT2D eigenvalue weighted by molar-refractivity contribution is -0.145. The quantitative estimate of drug-likeness (QED) is 0.0364. The van der Waals surface area contributed by atoms with Gasteiger partial charge in [-0.15, -0.1) is 0 Å². The third-order valence-corrected chi connectivity index (χ3v) is 10.2. The Morgan fingerprint density at radius 2 is 1.06 bits per heavy atom. The third-order valence-electron chi connectivity index (χ3n) is 10.2. The van der Waals surface area contributed by atoms with Crippen LogP contribution in [0, 0.1) is 17.8 Å². The van der Waals surface area contributed by atoms with Crippen LogP contribution in [0.3, 0.4) is 0 Å². The fourth-order valence-electron chi connectivity index (χ4n) is 6.92. The van der Waals surface area contributed by atoms with Crippen LogP contribution in [0.2, 0.25) is 0 Å². The van der Waals surface area contributed by atoms with Crippen LogP contribution in [0.15, 0.2) is 29.8 Å². The van der Waals surface area contributed by atoms with Crippen LogP contribution in [-0.2, 0) is 19.1 Å². The molecule has 0 radical (unpaired) electrons. The van der Waals surface area contributed by atoms with E-state index in [1.54, 1.807) is 0 Å². The molecular formula is C46H83NO4. The Bertz CT molecular complexity index is 926. The number of unbranched alkanes of at least 4 members (excludes halogenated alkanes) is 16. The SMILES string of the molecule is C=C=C=C=CC(CCCCC)CCOC(=O)CCCCCCCCCC(CCCCCCCCCC(=O)OCCC(C)CCCCC)CN(C)C. The number of allylic oxidation sites excluding steroid dienone is 1. The fraction of sp³-hybridized carbons (Fsp3) is 0.848. The normalized spacial score (nSPS) is 12.8. The second kappa shape index (κ2) is 37.7. The van der Waals surface area contributed by atoms with Gasteiger partial charge >= 0.3 is 11.9 Å². The standard InChI is InChI=1S/C46H83NO4/c1-7-10-23-30-42(4)37-39-50-45(48)35-28-21-17-13-15-19-26-33-44(41-47(5)6)34-27-20-16-14-18-22-29-36-46(49)51-40-38-43(31-24-11-8-2)32-25-12-9-3/h31,42-44H,2,7,9-10,12-23,25-30,32-41H2,1,3-6H3. The molecule has 0 bridgehead atoms. The first kappa shape index (κ1) is 49.0. The Hall–Kier alpha value is -2.02. The van der Waals surface area contributed by atoms with E-state index in [-0.39, 0.29) is 11.9 Å². The zero-order valence-electron chi connectivity index (χ0n) is 34.5. The van der Waals surface area contributed by atoms with Crippen molar-refractivity contribution in [3.63, 3.8) is 0 Å². The smallest absolute Gasteiger partial charge is 0.305 e. The summed E-state index contributed by atoms with van der Waals surface area (Å²) in [5.74, 6) is 1.77. The molecule has 0 saturated carbocycles. The van der Waals surface area contributed by atoms with Crippen molar-refractivity contribution in [2.45, 2.75) is 201 Å². The fourth-order valence-corrected chi connectivity index (χ4v) is 6.92. The molecule has 0 aliphatic carbocycles. The Labute approximate surface area is 317 Å². The topological polar surface area (TPSA) is 55.8 Å². The highest BCUT2D eigenvalue weighted by Gasteiger charge is 2.11. The molecule has 3 unspecified atom stereocenters. The zero-order valence-corrected chi connectivity index (χ0v) is 34.5. The molecule has 0 aromatic rings. The Balaban J connectivity index is 3.83. The molecule has 0 fully saturated rings. The van der Waals surface area contributed by atoms with Crippen molar-refractivity contribution in [2.75, 3.05) is 33.9 Å². The summed E-state index contributed by atoms with van der Waals surface area (Å²) < 4.78 is 11.0. The predicted octanol–water partition coefficient (Wildman–Crippen LogP) is 13.1. The molecule has 0 N–H and O–H groups in total. The van der Waals surface area contributed by atoms with Crippen LogP contribution in [0.25, 0.3) is 0 Å². The molecule has 0 aliphatic heterocycles. The van der Waals surface area contributed by atoms with Crippen molar-refractivity contribution in [1.82, 2.24) is 4.90 Å². The molecule has 0 heterocycles. The third kappa shape index (κ3) is 36.1. The zero-order chi connectivity index (χ0) is 37.6. The molecule has 0 saturated heterocycles. The molecular weight excluding hydrogens is 631 g/mol. The predicted molar refractivity (Wildman–Crippen MR) is 218 cm³/mol. The highest BCUT2D eigenvalue weighted by atomic mass is 16.5. The minimum atomic E-state index is -0.0534. The van der Waals surface area contributed by atoms with Gasteiger partial charge in [0.25, 0.3) is 0 Å². The van der Waals surface area contributed by atoms with Gasteiger partial charge in [-0.3, -0.25) is 9.59 Å². The van der Waals surface area contributed by atoms with Crippen LogP contribution >= 0.6 is 0 Å². The van der Waals surface area contributed by atoms with Crippen molar-refractivity contribution in [3.8, 4) is 0 Å². The number of hydrogen-bond donors (Lipinski definition) is 0. The van der Waals surface area contributed by atoms with E-state index in [2.05, 4.69) is 63.5 Å². The molecule has 5 nitrogen and oxygen atoms in total. The summed E-state index contributed by atoms with van der Waals surface area (Å²) in [5.41, 5.74) is 8.40. The highest BCUT2D eigenvalue weighted by Crippen LogP contribution is 2.21. The summed E-state index contributed by atoms with van der Waals surface area (Å²) in [7, 11) is 4.41. The number of carbonyl (C=O) groups excluding carboxylic acids is 2. The Morgan fingerprint density at radius 3 is 1.55 bits per heavy atom. The van der Waals surface area contributed by atoms with Crippen molar-refractivity contribution in [3.05, 3.63) is 29.8 Å². The van der Waals surface area contributed by atoms with Crippen LogP contribution in [0.1, 0.15) is 201 Å². The lowest BCUT2D eigenvalue weighted by Gasteiger charge is -2.21. The molecule has 0 rings (SSSR count). The summed E-state index contributed by atoms with van der Waals surface area (Å²) in [6.45, 7) is 12.5. The van der Waals surface area contributed by atoms with Gasteiger partial charge in [0.1, 0.15) is 0 Å². The number of rotatable bonds is 37. The van der Waals surface area contributed by atoms with E-state index in [1.165, 1.54) is 129 Å². The first-order valence-electron chi connectivity index (χ1n) is 21.6. The van der Waals surface area contributed by atoms with E-state index in [4.69, 9.17) is 9.47 Å². The van der Waals surface area contributed by atoms with Gasteiger partial charge < -0.3 is 14.4 Å². The number of nitrogens with zero attached hydrogens (tertiary/aromatic N) is 1. The van der Waals surface area contributed by atoms with E-state index >= 15 is 0 Å². The summed E-state index contributed by atoms with van der Waals surface area (Å²) in [6.07, 6.45) is 34.6. The van der Waals surface area contributed by atoms with Crippen molar-refractivity contribution >= 4 is 11.9 Å². The second-order valence-electron chi connectivity index (χ2n) is 15.6. The van der Waals surface area contributed by atoms with Gasteiger partial charge in [0, 0.05) is 19.4 Å². The first-order chi connectivity index (χ1) is 24.8. The maximum absolute atomic E-state index is 12.2. The highest BCUT2D eigenvalue weighted by molar-refractivity contribution is 5.69. The molecule has 0 spiro atoms. The Kier molecular flexibility index (Phi) is 36.2. The van der Waals surface area contributed by atoms with Crippen molar-refractivity contribution in [2.24, 2.45) is 17.8 Å². The van der Waals surface area contributed by atoms with Gasteiger partial charge in [-0.05, 0) is 95.2 Å². The first-order valence-corrected chi connectivity index (χ1v) is 21.6. The van der Waals surface area contributed by atoms with Gasteiger partial charge in [0.05, 0.1) is 13.2 Å². The molecule has 0 aliphatic rings. The largest absolute Gasteiger partial charge is 0.466 e. The van der Waals surface area contributed by atoms with Gasteiger partial charge in [-0.1, -0.05) is 154 Å². The van der Waals surface area contributed by atoms with Crippen LogP contribution in [0.4, 0.5) is 0 Å². The summed E-state index contributed by atoms with van der Waals surface area (Å²) >= 11 is 0. The number of carbonyl (C=O) groups is 2. The average Bonchev–Trinajstić information content (AvgIpc) is 3.09. The summed E-state index contributed by atoms with van der Waals surface area (Å²) in [5, 5.41) is 0. The van der Waals surface area contributed by atoms with Crippen molar-refractivity contribution in [1.29, 1.82) is 0 Å². The van der Waals surface area contributed by atoms with Crippen molar-refractivity contribution < 1.29 is 19.1 Å². The van der Waals surface area contributed by atoms with Gasteiger partial charge in [-0.2, -0.15) is 0 Å². The molecule has 0 amide bonds. The van der Waals surface area contributed by atoms with Gasteiger partial charge in [-0.25, -0.2) is 0 Å². The monoisotopic (exact) mass is 714 g/mol. The summed E-state index contributed by atoms with van der Waals surface area (Å²) in [4.78, 5) is 26.6. The second-order valence-corrected chi connectivity index (χ2v) is 15.6. The van der Waals surface area contributed by atoms with Gasteiger partial charge in [0.15, 0.2) is 0 Å². The van der Waals surface area contributed by atoms with Gasteiger partial charge in [0.2, 0.25) is 0 Å².